The van der Waals surface area contributed by atoms with Crippen molar-refractivity contribution in [3.8, 4) is 17.4 Å². The lowest BCUT2D eigenvalue weighted by molar-refractivity contribution is 0.174. The zero-order chi connectivity index (χ0) is 22.9. The van der Waals surface area contributed by atoms with Gasteiger partial charge in [-0.2, -0.15) is 0 Å². The van der Waals surface area contributed by atoms with Gasteiger partial charge < -0.3 is 14.6 Å². The molecule has 2 aliphatic heterocycles. The lowest BCUT2D eigenvalue weighted by Gasteiger charge is -2.17. The number of hydrogen-bond donors (Lipinski definition) is 2. The number of nitrogens with zero attached hydrogens (tertiary/aromatic N) is 2. The predicted octanol–water partition coefficient (Wildman–Crippen LogP) is 4.13. The third-order valence-electron chi connectivity index (χ3n) is 5.73. The van der Waals surface area contributed by atoms with E-state index < -0.39 is 11.2 Å². The van der Waals surface area contributed by atoms with Gasteiger partial charge in [-0.1, -0.05) is 31.5 Å². The van der Waals surface area contributed by atoms with Crippen molar-refractivity contribution in [1.82, 2.24) is 9.55 Å². The highest BCUT2D eigenvalue weighted by atomic mass is 32.2. The number of benzene rings is 2. The number of fused-ring (bicyclic) bond motifs is 2. The zero-order valence-electron chi connectivity index (χ0n) is 18.0. The molecular formula is C24H23N3O5S. The lowest BCUT2D eigenvalue weighted by Crippen LogP contribution is -2.34. The van der Waals surface area contributed by atoms with E-state index in [1.165, 1.54) is 4.57 Å². The molecule has 33 heavy (non-hydrogen) atoms. The van der Waals surface area contributed by atoms with Gasteiger partial charge in [0.15, 0.2) is 11.5 Å². The van der Waals surface area contributed by atoms with Crippen molar-refractivity contribution in [3.05, 3.63) is 74.4 Å². The highest BCUT2D eigenvalue weighted by Crippen LogP contribution is 2.47. The molecule has 1 aromatic heterocycles. The predicted molar refractivity (Wildman–Crippen MR) is 126 cm³/mol. The molecule has 1 atom stereocenters. The van der Waals surface area contributed by atoms with Crippen LogP contribution in [-0.2, 0) is 6.54 Å². The Morgan fingerprint density at radius 1 is 1.18 bits per heavy atom. The quantitative estimate of drug-likeness (QED) is 0.587. The standard InChI is InChI=1S/C24H23N3O5S/c1-2-3-10-27-23(29)21(22(28)26-24(27)30)16-12-20(33-19-7-5-4-6-15(19)25-16)14-8-9-17-18(11-14)32-13-31-17/h4-9,11,20,29H,2-3,10,12-13H2,1H3,(H,26,28,30)/t20-/m0/s1. The highest BCUT2D eigenvalue weighted by Gasteiger charge is 2.28. The van der Waals surface area contributed by atoms with E-state index >= 15 is 0 Å². The summed E-state index contributed by atoms with van der Waals surface area (Å²) >= 11 is 1.63. The Balaban J connectivity index is 1.63. The molecule has 0 aliphatic carbocycles. The largest absolute Gasteiger partial charge is 0.494 e. The third-order valence-corrected chi connectivity index (χ3v) is 7.06. The average Bonchev–Trinajstić information content (AvgIpc) is 3.18. The summed E-state index contributed by atoms with van der Waals surface area (Å²) in [5, 5.41) is 10.9. The van der Waals surface area contributed by atoms with Gasteiger partial charge in [0, 0.05) is 23.1 Å². The minimum atomic E-state index is -0.641. The molecule has 8 nitrogen and oxygen atoms in total. The van der Waals surface area contributed by atoms with Gasteiger partial charge >= 0.3 is 5.69 Å². The highest BCUT2D eigenvalue weighted by molar-refractivity contribution is 7.99. The fourth-order valence-electron chi connectivity index (χ4n) is 4.01. The summed E-state index contributed by atoms with van der Waals surface area (Å²) < 4.78 is 12.2. The monoisotopic (exact) mass is 465 g/mol. The first-order valence-corrected chi connectivity index (χ1v) is 11.7. The van der Waals surface area contributed by atoms with Crippen LogP contribution in [-0.4, -0.2) is 27.2 Å². The molecule has 9 heteroatoms. The summed E-state index contributed by atoms with van der Waals surface area (Å²) in [7, 11) is 0. The Bertz CT molecular complexity index is 1360. The van der Waals surface area contributed by atoms with Gasteiger partial charge in [-0.15, -0.1) is 11.8 Å². The first-order chi connectivity index (χ1) is 16.0. The molecular weight excluding hydrogens is 442 g/mol. The second-order valence-electron chi connectivity index (χ2n) is 7.91. The van der Waals surface area contributed by atoms with Crippen LogP contribution in [0.1, 0.15) is 42.6 Å². The number of unbranched alkanes of at least 4 members (excludes halogenated alkanes) is 1. The fraction of sp³-hybridized carbons (Fsp3) is 0.292. The van der Waals surface area contributed by atoms with Crippen molar-refractivity contribution in [2.45, 2.75) is 42.9 Å². The maximum absolute atomic E-state index is 12.9. The Kier molecular flexibility index (Phi) is 5.72. The van der Waals surface area contributed by atoms with Gasteiger partial charge in [0.05, 0.1) is 11.4 Å². The van der Waals surface area contributed by atoms with Gasteiger partial charge in [-0.3, -0.25) is 19.3 Å². The molecule has 0 saturated heterocycles. The topological polar surface area (TPSA) is 106 Å². The first-order valence-electron chi connectivity index (χ1n) is 10.8. The fourth-order valence-corrected chi connectivity index (χ4v) is 5.23. The number of para-hydroxylation sites is 1. The SMILES string of the molecule is CCCCn1c(O)c(C2=Nc3ccccc3S[C@H](c3ccc4c(c3)OCO4)C2)c(=O)[nH]c1=O. The molecule has 0 radical (unpaired) electrons. The van der Waals surface area contributed by atoms with Gasteiger partial charge in [-0.25, -0.2) is 4.79 Å². The molecule has 0 amide bonds. The summed E-state index contributed by atoms with van der Waals surface area (Å²) in [6, 6.07) is 13.5. The summed E-state index contributed by atoms with van der Waals surface area (Å²) in [6.45, 7) is 2.50. The number of ether oxygens (including phenoxy) is 2. The van der Waals surface area contributed by atoms with Crippen molar-refractivity contribution in [1.29, 1.82) is 0 Å². The Hall–Kier alpha value is -3.46. The molecule has 0 saturated carbocycles. The summed E-state index contributed by atoms with van der Waals surface area (Å²) in [5.74, 6) is 1.03. The zero-order valence-corrected chi connectivity index (χ0v) is 18.9. The number of thioether (sulfide) groups is 1. The molecule has 2 aromatic carbocycles. The number of aliphatic imine (C=N–C) groups is 1. The Morgan fingerprint density at radius 2 is 2.00 bits per heavy atom. The van der Waals surface area contributed by atoms with E-state index in [0.29, 0.717) is 42.3 Å². The number of nitrogens with one attached hydrogen (secondary N) is 1. The number of hydrogen-bond acceptors (Lipinski definition) is 7. The van der Waals surface area contributed by atoms with Crippen LogP contribution in [0.15, 0.2) is 61.9 Å². The number of aromatic hydroxyl groups is 1. The van der Waals surface area contributed by atoms with E-state index in [-0.39, 0.29) is 23.5 Å². The smallest absolute Gasteiger partial charge is 0.331 e. The number of aromatic amines is 1. The molecule has 2 aliphatic rings. The van der Waals surface area contributed by atoms with Crippen LogP contribution in [0.2, 0.25) is 0 Å². The average molecular weight is 466 g/mol. The molecule has 3 heterocycles. The van der Waals surface area contributed by atoms with Gasteiger partial charge in [0.25, 0.3) is 5.56 Å². The van der Waals surface area contributed by atoms with E-state index in [9.17, 15) is 14.7 Å². The van der Waals surface area contributed by atoms with Gasteiger partial charge in [0.1, 0.15) is 5.56 Å². The van der Waals surface area contributed by atoms with Crippen molar-refractivity contribution in [2.75, 3.05) is 6.79 Å². The van der Waals surface area contributed by atoms with Crippen molar-refractivity contribution in [2.24, 2.45) is 4.99 Å². The number of aromatic nitrogens is 2. The van der Waals surface area contributed by atoms with Crippen molar-refractivity contribution in [3.63, 3.8) is 0 Å². The molecule has 0 bridgehead atoms. The van der Waals surface area contributed by atoms with Crippen LogP contribution in [0.3, 0.4) is 0 Å². The van der Waals surface area contributed by atoms with Crippen LogP contribution in [0.4, 0.5) is 5.69 Å². The molecule has 170 valence electrons. The van der Waals surface area contributed by atoms with Crippen LogP contribution >= 0.6 is 11.8 Å². The molecule has 0 unspecified atom stereocenters. The summed E-state index contributed by atoms with van der Waals surface area (Å²) in [5.41, 5.74) is 0.909. The maximum Gasteiger partial charge on any atom is 0.331 e. The summed E-state index contributed by atoms with van der Waals surface area (Å²) in [4.78, 5) is 33.3. The van der Waals surface area contributed by atoms with Crippen molar-refractivity contribution >= 4 is 23.2 Å². The van der Waals surface area contributed by atoms with Crippen LogP contribution in [0.5, 0.6) is 17.4 Å². The molecule has 0 spiro atoms. The minimum absolute atomic E-state index is 0.0359. The van der Waals surface area contributed by atoms with Crippen LogP contribution in [0.25, 0.3) is 0 Å². The van der Waals surface area contributed by atoms with Crippen LogP contribution < -0.4 is 20.7 Å². The lowest BCUT2D eigenvalue weighted by atomic mass is 10.0. The van der Waals surface area contributed by atoms with E-state index in [2.05, 4.69) is 4.98 Å². The van der Waals surface area contributed by atoms with Gasteiger partial charge in [-0.05, 0) is 36.2 Å². The molecule has 5 rings (SSSR count). The van der Waals surface area contributed by atoms with E-state index in [4.69, 9.17) is 14.5 Å². The van der Waals surface area contributed by atoms with Crippen LogP contribution in [0, 0.1) is 0 Å². The normalized spacial score (nSPS) is 16.8. The Morgan fingerprint density at radius 3 is 2.85 bits per heavy atom. The van der Waals surface area contributed by atoms with Gasteiger partial charge in [0.2, 0.25) is 12.7 Å². The minimum Gasteiger partial charge on any atom is -0.494 e. The van der Waals surface area contributed by atoms with E-state index in [1.54, 1.807) is 11.8 Å². The first kappa shape index (κ1) is 21.4. The number of H-pyrrole nitrogens is 1. The molecule has 2 N–H and O–H groups in total. The Labute approximate surface area is 193 Å². The molecule has 0 fully saturated rings. The molecule has 3 aromatic rings. The second-order valence-corrected chi connectivity index (χ2v) is 9.16. The maximum atomic E-state index is 12.9. The third kappa shape index (κ3) is 4.04. The second kappa shape index (κ2) is 8.82. The number of rotatable bonds is 5. The van der Waals surface area contributed by atoms with E-state index in [0.717, 1.165) is 16.9 Å². The van der Waals surface area contributed by atoms with E-state index in [1.807, 2.05) is 49.4 Å². The summed E-state index contributed by atoms with van der Waals surface area (Å²) in [6.07, 6.45) is 1.92. The van der Waals surface area contributed by atoms with Crippen molar-refractivity contribution < 1.29 is 14.6 Å².